The molecule has 16 heavy (non-hydrogen) atoms. The Morgan fingerprint density at radius 1 is 1.25 bits per heavy atom. The summed E-state index contributed by atoms with van der Waals surface area (Å²) in [7, 11) is 0. The first-order valence-electron chi connectivity index (χ1n) is 4.71. The summed E-state index contributed by atoms with van der Waals surface area (Å²) in [5.41, 5.74) is -0.705. The van der Waals surface area contributed by atoms with Gasteiger partial charge in [-0.3, -0.25) is 0 Å². The molecule has 0 bridgehead atoms. The van der Waals surface area contributed by atoms with Gasteiger partial charge in [0, 0.05) is 5.56 Å². The summed E-state index contributed by atoms with van der Waals surface area (Å²) in [6, 6.07) is 11.1. The van der Waals surface area contributed by atoms with Gasteiger partial charge in [0.1, 0.15) is 11.5 Å². The molecule has 0 atom stereocenters. The minimum Gasteiger partial charge on any atom is -0.457 e. The van der Waals surface area contributed by atoms with Gasteiger partial charge in [-0.05, 0) is 18.2 Å². The van der Waals surface area contributed by atoms with Gasteiger partial charge in [0.05, 0.1) is 12.1 Å². The van der Waals surface area contributed by atoms with E-state index in [1.165, 1.54) is 12.2 Å². The van der Waals surface area contributed by atoms with Gasteiger partial charge < -0.3 is 4.74 Å². The molecule has 0 fully saturated rings. The number of hydrogen-bond donors (Lipinski definition) is 0. The molecule has 0 radical (unpaired) electrons. The Morgan fingerprint density at radius 2 is 1.94 bits per heavy atom. The van der Waals surface area contributed by atoms with Gasteiger partial charge in [-0.1, -0.05) is 24.8 Å². The summed E-state index contributed by atoms with van der Waals surface area (Å²) in [5.74, 6) is 0.963. The Balaban J connectivity index is 2.72. The van der Waals surface area contributed by atoms with E-state index in [9.17, 15) is 10.5 Å². The van der Waals surface area contributed by atoms with E-state index in [1.54, 1.807) is 24.3 Å². The molecule has 0 aromatic heterocycles. The smallest absolute Gasteiger partial charge is 0.194 e. The fraction of sp³-hybridized carbons (Fsp3) is 0.0769. The number of allylic oxidation sites excluding steroid dienone is 2. The Labute approximate surface area is 93.5 Å². The molecule has 1 aliphatic heterocycles. The molecule has 0 amide bonds. The van der Waals surface area contributed by atoms with Crippen molar-refractivity contribution in [1.29, 1.82) is 10.5 Å². The second-order valence-corrected chi connectivity index (χ2v) is 3.38. The van der Waals surface area contributed by atoms with E-state index in [4.69, 9.17) is 4.74 Å². The molecule has 1 aromatic rings. The fourth-order valence-electron chi connectivity index (χ4n) is 1.64. The number of nitriles is 2. The van der Waals surface area contributed by atoms with E-state index >= 15 is 0 Å². The molecule has 1 heterocycles. The fourth-order valence-corrected chi connectivity index (χ4v) is 1.64. The number of nitrogens with zero attached hydrogens (tertiary/aromatic N) is 2. The van der Waals surface area contributed by atoms with Crippen molar-refractivity contribution >= 4 is 0 Å². The normalized spacial score (nSPS) is 15.8. The third kappa shape index (κ3) is 1.27. The van der Waals surface area contributed by atoms with Gasteiger partial charge in [-0.2, -0.15) is 10.5 Å². The van der Waals surface area contributed by atoms with E-state index in [0.29, 0.717) is 17.1 Å². The number of para-hydroxylation sites is 1. The number of rotatable bonds is 1. The standard InChI is InChI=1S/C13H8N2O/c1-2-10-7-13(8-14,9-15)11-5-3-4-6-12(11)16-10/h2-7H,1H2. The number of hydrogen-bond acceptors (Lipinski definition) is 3. The third-order valence-corrected chi connectivity index (χ3v) is 2.45. The molecular formula is C13H8N2O. The van der Waals surface area contributed by atoms with Crippen LogP contribution in [0, 0.1) is 22.7 Å². The first-order chi connectivity index (χ1) is 7.75. The molecule has 1 aromatic carbocycles. The SMILES string of the molecule is C=CC1=CC(C#N)(C#N)c2ccccc2O1. The molecule has 0 saturated carbocycles. The molecule has 3 heteroatoms. The lowest BCUT2D eigenvalue weighted by Gasteiger charge is -2.24. The Bertz CT molecular complexity index is 544. The summed E-state index contributed by atoms with van der Waals surface area (Å²) in [5, 5.41) is 18.4. The lowest BCUT2D eigenvalue weighted by Crippen LogP contribution is -2.24. The van der Waals surface area contributed by atoms with Crippen LogP contribution in [0.1, 0.15) is 5.56 Å². The highest BCUT2D eigenvalue weighted by Crippen LogP contribution is 2.38. The van der Waals surface area contributed by atoms with Crippen LogP contribution in [-0.4, -0.2) is 0 Å². The predicted octanol–water partition coefficient (Wildman–Crippen LogP) is 2.43. The van der Waals surface area contributed by atoms with Crippen molar-refractivity contribution in [3.05, 3.63) is 54.3 Å². The van der Waals surface area contributed by atoms with Crippen molar-refractivity contribution in [2.24, 2.45) is 0 Å². The second kappa shape index (κ2) is 3.56. The third-order valence-electron chi connectivity index (χ3n) is 2.45. The number of fused-ring (bicyclic) bond motifs is 1. The van der Waals surface area contributed by atoms with E-state index < -0.39 is 5.41 Å². The maximum Gasteiger partial charge on any atom is 0.194 e. The minimum absolute atomic E-state index is 0.432. The van der Waals surface area contributed by atoms with Gasteiger partial charge in [0.2, 0.25) is 0 Å². The van der Waals surface area contributed by atoms with Crippen molar-refractivity contribution in [3.8, 4) is 17.9 Å². The second-order valence-electron chi connectivity index (χ2n) is 3.38. The Morgan fingerprint density at radius 3 is 2.56 bits per heavy atom. The van der Waals surface area contributed by atoms with Gasteiger partial charge in [-0.15, -0.1) is 0 Å². The number of ether oxygens (including phenoxy) is 1. The molecule has 0 saturated heterocycles. The zero-order valence-electron chi connectivity index (χ0n) is 8.47. The summed E-state index contributed by atoms with van der Waals surface area (Å²) in [4.78, 5) is 0. The average Bonchev–Trinajstić information content (AvgIpc) is 2.37. The zero-order valence-corrected chi connectivity index (χ0v) is 8.47. The highest BCUT2D eigenvalue weighted by atomic mass is 16.5. The molecule has 0 aliphatic carbocycles. The van der Waals surface area contributed by atoms with Crippen LogP contribution in [-0.2, 0) is 5.41 Å². The molecule has 1 aliphatic rings. The topological polar surface area (TPSA) is 56.8 Å². The largest absolute Gasteiger partial charge is 0.457 e. The lowest BCUT2D eigenvalue weighted by atomic mass is 9.81. The molecule has 0 N–H and O–H groups in total. The average molecular weight is 208 g/mol. The van der Waals surface area contributed by atoms with E-state index in [-0.39, 0.29) is 0 Å². The van der Waals surface area contributed by atoms with Crippen molar-refractivity contribution in [3.63, 3.8) is 0 Å². The van der Waals surface area contributed by atoms with E-state index in [1.807, 2.05) is 12.1 Å². The van der Waals surface area contributed by atoms with Crippen LogP contribution in [0.2, 0.25) is 0 Å². The summed E-state index contributed by atoms with van der Waals surface area (Å²) < 4.78 is 5.48. The number of benzene rings is 1. The molecule has 3 nitrogen and oxygen atoms in total. The first-order valence-corrected chi connectivity index (χ1v) is 4.71. The summed E-state index contributed by atoms with van der Waals surface area (Å²) in [6.45, 7) is 3.58. The van der Waals surface area contributed by atoms with Crippen LogP contribution in [0.5, 0.6) is 5.75 Å². The minimum atomic E-state index is -1.28. The van der Waals surface area contributed by atoms with Crippen LogP contribution >= 0.6 is 0 Å². The molecule has 76 valence electrons. The van der Waals surface area contributed by atoms with Crippen molar-refractivity contribution in [1.82, 2.24) is 0 Å². The maximum absolute atomic E-state index is 9.19. The Hall–Kier alpha value is -2.52. The van der Waals surface area contributed by atoms with E-state index in [0.717, 1.165) is 0 Å². The van der Waals surface area contributed by atoms with Crippen molar-refractivity contribution in [2.45, 2.75) is 5.41 Å². The molecular weight excluding hydrogens is 200 g/mol. The highest BCUT2D eigenvalue weighted by Gasteiger charge is 2.37. The van der Waals surface area contributed by atoms with Crippen LogP contribution in [0.15, 0.2) is 48.8 Å². The highest BCUT2D eigenvalue weighted by molar-refractivity contribution is 5.57. The summed E-state index contributed by atoms with van der Waals surface area (Å²) in [6.07, 6.45) is 2.97. The first kappa shape index (κ1) is 10.0. The van der Waals surface area contributed by atoms with Crippen LogP contribution in [0.4, 0.5) is 0 Å². The molecule has 0 unspecified atom stereocenters. The van der Waals surface area contributed by atoms with Crippen LogP contribution in [0.25, 0.3) is 0 Å². The predicted molar refractivity (Wildman–Crippen MR) is 58.3 cm³/mol. The zero-order chi connectivity index (χ0) is 11.6. The van der Waals surface area contributed by atoms with Gasteiger partial charge in [0.15, 0.2) is 5.41 Å². The van der Waals surface area contributed by atoms with Gasteiger partial charge >= 0.3 is 0 Å². The Kier molecular flexibility index (Phi) is 2.23. The maximum atomic E-state index is 9.19. The molecule has 0 spiro atoms. The van der Waals surface area contributed by atoms with Gasteiger partial charge in [-0.25, -0.2) is 0 Å². The van der Waals surface area contributed by atoms with Crippen LogP contribution in [0.3, 0.4) is 0 Å². The monoisotopic (exact) mass is 208 g/mol. The lowest BCUT2D eigenvalue weighted by molar-refractivity contribution is 0.416. The van der Waals surface area contributed by atoms with Crippen molar-refractivity contribution in [2.75, 3.05) is 0 Å². The van der Waals surface area contributed by atoms with E-state index in [2.05, 4.69) is 6.58 Å². The summed E-state index contributed by atoms with van der Waals surface area (Å²) >= 11 is 0. The van der Waals surface area contributed by atoms with Crippen molar-refractivity contribution < 1.29 is 4.74 Å². The van der Waals surface area contributed by atoms with Crippen LogP contribution < -0.4 is 4.74 Å². The quantitative estimate of drug-likeness (QED) is 0.712. The van der Waals surface area contributed by atoms with Gasteiger partial charge in [0.25, 0.3) is 0 Å². The molecule has 2 rings (SSSR count).